The quantitative estimate of drug-likeness (QED) is 0.782. The average Bonchev–Trinajstić information content (AvgIpc) is 2.45. The second-order valence-electron chi connectivity index (χ2n) is 2.95. The molecule has 5 heteroatoms. The van der Waals surface area contributed by atoms with Crippen molar-refractivity contribution >= 4 is 39.1 Å². The van der Waals surface area contributed by atoms with Gasteiger partial charge in [0.15, 0.2) is 5.78 Å². The van der Waals surface area contributed by atoms with E-state index in [-0.39, 0.29) is 5.78 Å². The number of hydrogen-bond acceptors (Lipinski definition) is 2. The Morgan fingerprint density at radius 3 is 2.86 bits per heavy atom. The SMILES string of the molecule is CC(=O)c1cc(Br)c2c(c1)[N]C(=O)N2. The van der Waals surface area contributed by atoms with Gasteiger partial charge in [0.2, 0.25) is 0 Å². The number of anilines is 1. The van der Waals surface area contributed by atoms with Crippen molar-refractivity contribution in [1.82, 2.24) is 5.32 Å². The molecule has 0 fully saturated rings. The maximum atomic E-state index is 11.1. The molecular formula is C9H6BrN2O2. The van der Waals surface area contributed by atoms with Crippen molar-refractivity contribution in [2.24, 2.45) is 0 Å². The Morgan fingerprint density at radius 2 is 2.21 bits per heavy atom. The minimum atomic E-state index is -0.401. The summed E-state index contributed by atoms with van der Waals surface area (Å²) in [5, 5.41) is 6.29. The van der Waals surface area contributed by atoms with Gasteiger partial charge in [-0.2, -0.15) is 5.32 Å². The lowest BCUT2D eigenvalue weighted by Gasteiger charge is -2.02. The van der Waals surface area contributed by atoms with Gasteiger partial charge in [-0.05, 0) is 35.0 Å². The number of rotatable bonds is 1. The van der Waals surface area contributed by atoms with Gasteiger partial charge in [-0.25, -0.2) is 4.79 Å². The molecule has 0 saturated carbocycles. The standard InChI is InChI=1S/C9H6BrN2O2/c1-4(13)5-2-6(10)8-7(3-5)11-9(14)12-8/h2-3H,1H3,(H,12,14). The molecule has 2 rings (SSSR count). The summed E-state index contributed by atoms with van der Waals surface area (Å²) in [5.41, 5.74) is 1.67. The zero-order valence-electron chi connectivity index (χ0n) is 7.30. The fourth-order valence-corrected chi connectivity index (χ4v) is 1.80. The summed E-state index contributed by atoms with van der Waals surface area (Å²) < 4.78 is 0.676. The molecule has 0 unspecified atom stereocenters. The Morgan fingerprint density at radius 1 is 1.50 bits per heavy atom. The van der Waals surface area contributed by atoms with E-state index in [2.05, 4.69) is 26.6 Å². The molecule has 0 aromatic heterocycles. The molecule has 0 saturated heterocycles. The molecule has 1 aromatic rings. The van der Waals surface area contributed by atoms with Gasteiger partial charge in [0.1, 0.15) is 0 Å². The number of ketones is 1. The van der Waals surface area contributed by atoms with Crippen molar-refractivity contribution < 1.29 is 9.59 Å². The lowest BCUT2D eigenvalue weighted by atomic mass is 10.1. The van der Waals surface area contributed by atoms with Gasteiger partial charge in [0.05, 0.1) is 11.4 Å². The summed E-state index contributed by atoms with van der Waals surface area (Å²) in [5.74, 6) is -0.0527. The third-order valence-electron chi connectivity index (χ3n) is 1.93. The Balaban J connectivity index is 2.56. The molecule has 1 aromatic carbocycles. The van der Waals surface area contributed by atoms with Crippen LogP contribution >= 0.6 is 15.9 Å². The number of nitrogens with one attached hydrogen (secondary N) is 1. The van der Waals surface area contributed by atoms with Crippen LogP contribution in [0.25, 0.3) is 0 Å². The summed E-state index contributed by atoms with van der Waals surface area (Å²) >= 11 is 3.27. The number of carbonyl (C=O) groups excluding carboxylic acids is 2. The zero-order chi connectivity index (χ0) is 10.3. The molecule has 0 aliphatic carbocycles. The van der Waals surface area contributed by atoms with Crippen LogP contribution in [0.5, 0.6) is 0 Å². The molecule has 71 valence electrons. The fourth-order valence-electron chi connectivity index (χ4n) is 1.25. The molecule has 1 aliphatic rings. The molecule has 0 bridgehead atoms. The van der Waals surface area contributed by atoms with Crippen molar-refractivity contribution in [3.05, 3.63) is 22.2 Å². The maximum absolute atomic E-state index is 11.1. The number of benzene rings is 1. The topological polar surface area (TPSA) is 60.3 Å². The van der Waals surface area contributed by atoms with Gasteiger partial charge in [-0.3, -0.25) is 4.79 Å². The Labute approximate surface area is 88.8 Å². The van der Waals surface area contributed by atoms with Gasteiger partial charge < -0.3 is 5.32 Å². The summed E-state index contributed by atoms with van der Waals surface area (Å²) in [4.78, 5) is 22.1. The minimum absolute atomic E-state index is 0.0527. The third-order valence-corrected chi connectivity index (χ3v) is 2.56. The van der Waals surface area contributed by atoms with Crippen molar-refractivity contribution in [3.63, 3.8) is 0 Å². The number of fused-ring (bicyclic) bond motifs is 1. The Kier molecular flexibility index (Phi) is 2.03. The van der Waals surface area contributed by atoms with E-state index < -0.39 is 6.03 Å². The second-order valence-corrected chi connectivity index (χ2v) is 3.80. The molecule has 4 nitrogen and oxygen atoms in total. The van der Waals surface area contributed by atoms with E-state index in [1.165, 1.54) is 6.92 Å². The van der Waals surface area contributed by atoms with Crippen LogP contribution in [0.2, 0.25) is 0 Å². The smallest absolute Gasteiger partial charge is 0.303 e. The van der Waals surface area contributed by atoms with Crippen LogP contribution in [0.3, 0.4) is 0 Å². The van der Waals surface area contributed by atoms with E-state index in [4.69, 9.17) is 0 Å². The molecule has 0 spiro atoms. The number of hydrogen-bond donors (Lipinski definition) is 1. The average molecular weight is 254 g/mol. The lowest BCUT2D eigenvalue weighted by Crippen LogP contribution is -2.08. The van der Waals surface area contributed by atoms with E-state index in [0.717, 1.165) is 0 Å². The number of urea groups is 1. The Hall–Kier alpha value is -1.36. The molecule has 1 N–H and O–H groups in total. The minimum Gasteiger partial charge on any atom is -0.303 e. The van der Waals surface area contributed by atoms with Crippen LogP contribution in [-0.2, 0) is 0 Å². The first kappa shape index (κ1) is 9.21. The van der Waals surface area contributed by atoms with Crippen molar-refractivity contribution in [3.8, 4) is 0 Å². The van der Waals surface area contributed by atoms with Crippen molar-refractivity contribution in [1.29, 1.82) is 0 Å². The summed E-state index contributed by atoms with van der Waals surface area (Å²) in [7, 11) is 0. The highest BCUT2D eigenvalue weighted by molar-refractivity contribution is 9.10. The van der Waals surface area contributed by atoms with Gasteiger partial charge >= 0.3 is 6.03 Å². The van der Waals surface area contributed by atoms with E-state index in [1.54, 1.807) is 12.1 Å². The largest absolute Gasteiger partial charge is 0.346 e. The van der Waals surface area contributed by atoms with Crippen LogP contribution < -0.4 is 10.6 Å². The van der Waals surface area contributed by atoms with E-state index in [9.17, 15) is 9.59 Å². The number of halogens is 1. The monoisotopic (exact) mass is 253 g/mol. The Bertz CT molecular complexity index is 443. The summed E-state index contributed by atoms with van der Waals surface area (Å²) in [6, 6.07) is 2.87. The normalized spacial score (nSPS) is 13.1. The highest BCUT2D eigenvalue weighted by Gasteiger charge is 2.22. The first-order valence-electron chi connectivity index (χ1n) is 3.95. The van der Waals surface area contributed by atoms with Crippen LogP contribution in [-0.4, -0.2) is 11.8 Å². The van der Waals surface area contributed by atoms with Crippen molar-refractivity contribution in [2.75, 3.05) is 5.32 Å². The summed E-state index contributed by atoms with van der Waals surface area (Å²) in [6.07, 6.45) is 0. The van der Waals surface area contributed by atoms with E-state index in [1.807, 2.05) is 0 Å². The van der Waals surface area contributed by atoms with Gasteiger partial charge in [0, 0.05) is 10.0 Å². The van der Waals surface area contributed by atoms with E-state index >= 15 is 0 Å². The number of amides is 2. The lowest BCUT2D eigenvalue weighted by molar-refractivity contribution is 0.101. The van der Waals surface area contributed by atoms with Gasteiger partial charge in [-0.1, -0.05) is 0 Å². The summed E-state index contributed by atoms with van der Waals surface area (Å²) in [6.45, 7) is 1.47. The highest BCUT2D eigenvalue weighted by atomic mass is 79.9. The third kappa shape index (κ3) is 1.39. The number of Topliss-reactive ketones (excluding diaryl/α,β-unsaturated/α-hetero) is 1. The first-order valence-corrected chi connectivity index (χ1v) is 4.74. The van der Waals surface area contributed by atoms with Crippen LogP contribution in [0.15, 0.2) is 16.6 Å². The molecular weight excluding hydrogens is 248 g/mol. The van der Waals surface area contributed by atoms with Crippen molar-refractivity contribution in [2.45, 2.75) is 6.92 Å². The second kappa shape index (κ2) is 3.09. The zero-order valence-corrected chi connectivity index (χ0v) is 8.88. The molecule has 1 radical (unpaired) electrons. The molecule has 2 amide bonds. The highest BCUT2D eigenvalue weighted by Crippen LogP contribution is 2.36. The first-order chi connectivity index (χ1) is 6.58. The predicted octanol–water partition coefficient (Wildman–Crippen LogP) is 2.43. The van der Waals surface area contributed by atoms with E-state index in [0.29, 0.717) is 21.4 Å². The number of nitrogens with zero attached hydrogens (tertiary/aromatic N) is 1. The van der Waals surface area contributed by atoms with Gasteiger partial charge in [0.25, 0.3) is 0 Å². The molecule has 14 heavy (non-hydrogen) atoms. The fraction of sp³-hybridized carbons (Fsp3) is 0.111. The predicted molar refractivity (Wildman–Crippen MR) is 55.0 cm³/mol. The van der Waals surface area contributed by atoms with Gasteiger partial charge in [-0.15, -0.1) is 0 Å². The maximum Gasteiger partial charge on any atom is 0.346 e. The molecule has 1 heterocycles. The van der Waals surface area contributed by atoms with Crippen LogP contribution in [0.4, 0.5) is 16.2 Å². The van der Waals surface area contributed by atoms with Crippen LogP contribution in [0, 0.1) is 0 Å². The molecule has 0 atom stereocenters. The van der Waals surface area contributed by atoms with Crippen LogP contribution in [0.1, 0.15) is 17.3 Å². The number of carbonyl (C=O) groups is 2. The molecule has 1 aliphatic heterocycles.